The van der Waals surface area contributed by atoms with E-state index in [9.17, 15) is 4.79 Å². The second-order valence-corrected chi connectivity index (χ2v) is 7.25. The second-order valence-electron chi connectivity index (χ2n) is 6.20. The van der Waals surface area contributed by atoms with E-state index >= 15 is 0 Å². The number of thioether (sulfide) groups is 1. The Morgan fingerprint density at radius 2 is 1.85 bits per heavy atom. The van der Waals surface area contributed by atoms with Crippen molar-refractivity contribution in [2.45, 2.75) is 17.9 Å². The Morgan fingerprint density at radius 1 is 1.04 bits per heavy atom. The summed E-state index contributed by atoms with van der Waals surface area (Å²) in [5.41, 5.74) is 0.998. The molecule has 1 aliphatic rings. The molecule has 0 bridgehead atoms. The molecule has 26 heavy (non-hydrogen) atoms. The van der Waals surface area contributed by atoms with Gasteiger partial charge in [-0.3, -0.25) is 4.79 Å². The number of hydrogen-bond acceptors (Lipinski definition) is 4. The van der Waals surface area contributed by atoms with Gasteiger partial charge in [-0.1, -0.05) is 36.4 Å². The van der Waals surface area contributed by atoms with Gasteiger partial charge in [-0.05, 0) is 47.5 Å². The fourth-order valence-electron chi connectivity index (χ4n) is 2.96. The van der Waals surface area contributed by atoms with E-state index in [2.05, 4.69) is 35.6 Å². The summed E-state index contributed by atoms with van der Waals surface area (Å²) >= 11 is 1.54. The first kappa shape index (κ1) is 16.8. The predicted octanol–water partition coefficient (Wildman–Crippen LogP) is 4.54. The molecule has 1 amide bonds. The average Bonchev–Trinajstić information content (AvgIpc) is 3.14. The van der Waals surface area contributed by atoms with E-state index in [1.807, 2.05) is 37.3 Å². The number of amides is 1. The Hall–Kier alpha value is -2.66. The highest BCUT2D eigenvalue weighted by atomic mass is 32.2. The molecule has 0 aromatic heterocycles. The van der Waals surface area contributed by atoms with Crippen molar-refractivity contribution in [3.63, 3.8) is 0 Å². The highest BCUT2D eigenvalue weighted by Crippen LogP contribution is 2.34. The lowest BCUT2D eigenvalue weighted by Gasteiger charge is -2.15. The average molecular weight is 365 g/mol. The van der Waals surface area contributed by atoms with Crippen LogP contribution in [0, 0.1) is 0 Å². The topological polar surface area (TPSA) is 47.6 Å². The van der Waals surface area contributed by atoms with Crippen LogP contribution in [0.25, 0.3) is 10.8 Å². The minimum Gasteiger partial charge on any atom is -0.454 e. The lowest BCUT2D eigenvalue weighted by atomic mass is 10.1. The summed E-state index contributed by atoms with van der Waals surface area (Å²) in [5, 5.41) is 5.43. The van der Waals surface area contributed by atoms with Crippen molar-refractivity contribution in [3.8, 4) is 11.5 Å². The quantitative estimate of drug-likeness (QED) is 0.675. The van der Waals surface area contributed by atoms with Gasteiger partial charge in [0, 0.05) is 4.90 Å². The maximum atomic E-state index is 12.3. The molecule has 5 heteroatoms. The zero-order valence-corrected chi connectivity index (χ0v) is 15.2. The standard InChI is InChI=1S/C21H19NO3S/c1-14(16-7-9-19-20(11-16)25-13-24-19)22-21(23)12-26-18-8-6-15-4-2-3-5-17(15)10-18/h2-11,14H,12-13H2,1H3,(H,22,23). The zero-order chi connectivity index (χ0) is 17.9. The summed E-state index contributed by atoms with van der Waals surface area (Å²) in [6, 6.07) is 20.2. The minimum absolute atomic E-state index is 0.00771. The van der Waals surface area contributed by atoms with Gasteiger partial charge in [-0.25, -0.2) is 0 Å². The van der Waals surface area contributed by atoms with Crippen molar-refractivity contribution in [2.75, 3.05) is 12.5 Å². The molecule has 0 aliphatic carbocycles. The number of nitrogens with one attached hydrogen (secondary N) is 1. The molecular formula is C21H19NO3S. The highest BCUT2D eigenvalue weighted by Gasteiger charge is 2.16. The molecule has 1 heterocycles. The summed E-state index contributed by atoms with van der Waals surface area (Å²) in [5.74, 6) is 1.87. The molecule has 3 aromatic carbocycles. The van der Waals surface area contributed by atoms with Crippen LogP contribution in [-0.2, 0) is 4.79 Å². The first-order chi connectivity index (χ1) is 12.7. The zero-order valence-electron chi connectivity index (χ0n) is 14.4. The Bertz CT molecular complexity index is 957. The molecule has 4 rings (SSSR count). The van der Waals surface area contributed by atoms with Crippen LogP contribution in [0.15, 0.2) is 65.6 Å². The predicted molar refractivity (Wildman–Crippen MR) is 104 cm³/mol. The van der Waals surface area contributed by atoms with E-state index in [0.29, 0.717) is 5.75 Å². The van der Waals surface area contributed by atoms with Crippen molar-refractivity contribution in [2.24, 2.45) is 0 Å². The van der Waals surface area contributed by atoms with E-state index in [1.54, 1.807) is 11.8 Å². The van der Waals surface area contributed by atoms with E-state index < -0.39 is 0 Å². The molecule has 0 radical (unpaired) electrons. The van der Waals surface area contributed by atoms with Gasteiger partial charge in [0.15, 0.2) is 11.5 Å². The third-order valence-electron chi connectivity index (χ3n) is 4.36. The number of ether oxygens (including phenoxy) is 2. The number of benzene rings is 3. The number of hydrogen-bond donors (Lipinski definition) is 1. The van der Waals surface area contributed by atoms with Gasteiger partial charge in [0.1, 0.15) is 0 Å². The minimum atomic E-state index is -0.0887. The number of carbonyl (C=O) groups excluding carboxylic acids is 1. The van der Waals surface area contributed by atoms with Crippen LogP contribution >= 0.6 is 11.8 Å². The molecular weight excluding hydrogens is 346 g/mol. The first-order valence-corrected chi connectivity index (χ1v) is 9.48. The fourth-order valence-corrected chi connectivity index (χ4v) is 3.71. The van der Waals surface area contributed by atoms with Gasteiger partial charge in [-0.2, -0.15) is 0 Å². The smallest absolute Gasteiger partial charge is 0.231 e. The van der Waals surface area contributed by atoms with Crippen LogP contribution in [0.3, 0.4) is 0 Å². The van der Waals surface area contributed by atoms with E-state index in [-0.39, 0.29) is 18.7 Å². The lowest BCUT2D eigenvalue weighted by molar-refractivity contribution is -0.119. The monoisotopic (exact) mass is 365 g/mol. The van der Waals surface area contributed by atoms with Crippen LogP contribution < -0.4 is 14.8 Å². The van der Waals surface area contributed by atoms with Gasteiger partial charge in [0.25, 0.3) is 0 Å². The van der Waals surface area contributed by atoms with Crippen molar-refractivity contribution < 1.29 is 14.3 Å². The molecule has 1 unspecified atom stereocenters. The number of fused-ring (bicyclic) bond motifs is 2. The highest BCUT2D eigenvalue weighted by molar-refractivity contribution is 8.00. The van der Waals surface area contributed by atoms with Crippen LogP contribution in [0.2, 0.25) is 0 Å². The van der Waals surface area contributed by atoms with E-state index in [0.717, 1.165) is 22.0 Å². The Morgan fingerprint density at radius 3 is 2.73 bits per heavy atom. The van der Waals surface area contributed by atoms with Crippen molar-refractivity contribution in [3.05, 3.63) is 66.2 Å². The maximum Gasteiger partial charge on any atom is 0.231 e. The van der Waals surface area contributed by atoms with Crippen LogP contribution in [0.1, 0.15) is 18.5 Å². The van der Waals surface area contributed by atoms with Gasteiger partial charge < -0.3 is 14.8 Å². The molecule has 1 atom stereocenters. The molecule has 1 N–H and O–H groups in total. The third kappa shape index (κ3) is 3.63. The molecule has 0 saturated carbocycles. The second kappa shape index (κ2) is 7.30. The Kier molecular flexibility index (Phi) is 4.71. The molecule has 4 nitrogen and oxygen atoms in total. The van der Waals surface area contributed by atoms with E-state index in [4.69, 9.17) is 9.47 Å². The van der Waals surface area contributed by atoms with Gasteiger partial charge in [0.2, 0.25) is 12.7 Å². The molecule has 1 aliphatic heterocycles. The van der Waals surface area contributed by atoms with Gasteiger partial charge in [-0.15, -0.1) is 11.8 Å². The van der Waals surface area contributed by atoms with Crippen LogP contribution in [0.5, 0.6) is 11.5 Å². The van der Waals surface area contributed by atoms with Crippen LogP contribution in [0.4, 0.5) is 0 Å². The maximum absolute atomic E-state index is 12.3. The summed E-state index contributed by atoms with van der Waals surface area (Å²) in [7, 11) is 0. The summed E-state index contributed by atoms with van der Waals surface area (Å²) < 4.78 is 10.7. The third-order valence-corrected chi connectivity index (χ3v) is 5.36. The van der Waals surface area contributed by atoms with Gasteiger partial charge >= 0.3 is 0 Å². The first-order valence-electron chi connectivity index (χ1n) is 8.49. The molecule has 0 saturated heterocycles. The van der Waals surface area contributed by atoms with Crippen molar-refractivity contribution in [1.29, 1.82) is 0 Å². The Labute approximate surface area is 156 Å². The van der Waals surface area contributed by atoms with Crippen molar-refractivity contribution in [1.82, 2.24) is 5.32 Å². The number of carbonyl (C=O) groups is 1. The molecule has 132 valence electrons. The summed E-state index contributed by atoms with van der Waals surface area (Å²) in [4.78, 5) is 13.4. The Balaban J connectivity index is 1.35. The lowest BCUT2D eigenvalue weighted by Crippen LogP contribution is -2.28. The molecule has 0 fully saturated rings. The summed E-state index contributed by atoms with van der Waals surface area (Å²) in [6.45, 7) is 2.22. The fraction of sp³-hybridized carbons (Fsp3) is 0.190. The van der Waals surface area contributed by atoms with Crippen LogP contribution in [-0.4, -0.2) is 18.5 Å². The number of rotatable bonds is 5. The SMILES string of the molecule is CC(NC(=O)CSc1ccc2ccccc2c1)c1ccc2c(c1)OCO2. The molecule has 0 spiro atoms. The molecule has 3 aromatic rings. The van der Waals surface area contributed by atoms with Crippen molar-refractivity contribution >= 4 is 28.4 Å². The summed E-state index contributed by atoms with van der Waals surface area (Å²) in [6.07, 6.45) is 0. The largest absolute Gasteiger partial charge is 0.454 e. The van der Waals surface area contributed by atoms with E-state index in [1.165, 1.54) is 10.8 Å². The normalized spacial score (nSPS) is 13.6. The van der Waals surface area contributed by atoms with Gasteiger partial charge in [0.05, 0.1) is 11.8 Å².